The number of anilines is 1. The molecule has 4 aromatic heterocycles. The minimum Gasteiger partial charge on any atom is -0.475 e. The van der Waals surface area contributed by atoms with Crippen molar-refractivity contribution in [3.05, 3.63) is 36.7 Å². The lowest BCUT2D eigenvalue weighted by Crippen LogP contribution is -2.44. The van der Waals surface area contributed by atoms with Crippen LogP contribution >= 0.6 is 0 Å². The van der Waals surface area contributed by atoms with Crippen molar-refractivity contribution in [2.24, 2.45) is 5.73 Å². The van der Waals surface area contributed by atoms with Crippen LogP contribution in [0.1, 0.15) is 13.8 Å². The molecule has 0 aliphatic carbocycles. The van der Waals surface area contributed by atoms with Crippen molar-refractivity contribution < 1.29 is 13.9 Å². The highest BCUT2D eigenvalue weighted by Crippen LogP contribution is 2.34. The first kappa shape index (κ1) is 18.8. The van der Waals surface area contributed by atoms with Gasteiger partial charge in [0.1, 0.15) is 23.7 Å². The molecule has 1 aliphatic rings. The lowest BCUT2D eigenvalue weighted by Gasteiger charge is -2.34. The first-order valence-corrected chi connectivity index (χ1v) is 10.1. The minimum absolute atomic E-state index is 0.0753. The Labute approximate surface area is 173 Å². The zero-order valence-electron chi connectivity index (χ0n) is 17.0. The van der Waals surface area contributed by atoms with E-state index in [0.29, 0.717) is 37.1 Å². The number of morpholine rings is 1. The molecule has 0 unspecified atom stereocenters. The van der Waals surface area contributed by atoms with Crippen LogP contribution in [0.2, 0.25) is 0 Å². The third kappa shape index (κ3) is 3.35. The molecule has 30 heavy (non-hydrogen) atoms. The Hall–Kier alpha value is -3.17. The second-order valence-corrected chi connectivity index (χ2v) is 7.65. The molecular formula is C21H24N6O3. The number of aromatic nitrogens is 4. The number of hydrogen-bond acceptors (Lipinski definition) is 8. The molecule has 0 bridgehead atoms. The van der Waals surface area contributed by atoms with E-state index in [0.717, 1.165) is 29.0 Å². The van der Waals surface area contributed by atoms with E-state index in [1.54, 1.807) is 23.0 Å². The summed E-state index contributed by atoms with van der Waals surface area (Å²) in [5, 5.41) is 5.51. The molecule has 2 atom stereocenters. The Balaban J connectivity index is 1.55. The fraction of sp³-hybridized carbons (Fsp3) is 0.381. The van der Waals surface area contributed by atoms with Crippen molar-refractivity contribution in [2.75, 3.05) is 31.3 Å². The number of ether oxygens (including phenoxy) is 2. The zero-order valence-corrected chi connectivity index (χ0v) is 17.0. The van der Waals surface area contributed by atoms with Crippen LogP contribution in [-0.2, 0) is 4.74 Å². The van der Waals surface area contributed by atoms with Crippen LogP contribution in [0, 0.1) is 0 Å². The number of pyridine rings is 1. The first-order chi connectivity index (χ1) is 14.6. The Morgan fingerprint density at radius 1 is 1.30 bits per heavy atom. The van der Waals surface area contributed by atoms with Gasteiger partial charge < -0.3 is 24.5 Å². The first-order valence-electron chi connectivity index (χ1n) is 10.1. The summed E-state index contributed by atoms with van der Waals surface area (Å²) < 4.78 is 19.1. The molecule has 156 valence electrons. The average Bonchev–Trinajstić information content (AvgIpc) is 3.36. The van der Waals surface area contributed by atoms with E-state index in [2.05, 4.69) is 26.9 Å². The molecule has 1 saturated heterocycles. The molecule has 1 aliphatic heterocycles. The molecule has 0 radical (unpaired) electrons. The number of fused-ring (bicyclic) bond motifs is 2. The zero-order chi connectivity index (χ0) is 20.7. The molecule has 0 spiro atoms. The fourth-order valence-corrected chi connectivity index (χ4v) is 3.66. The van der Waals surface area contributed by atoms with Crippen molar-refractivity contribution in [3.8, 4) is 17.3 Å². The topological polar surface area (TPSA) is 104 Å². The molecule has 4 aromatic rings. The van der Waals surface area contributed by atoms with E-state index in [-0.39, 0.29) is 12.1 Å². The van der Waals surface area contributed by atoms with E-state index >= 15 is 0 Å². The summed E-state index contributed by atoms with van der Waals surface area (Å²) in [6.07, 6.45) is 3.53. The quantitative estimate of drug-likeness (QED) is 0.537. The van der Waals surface area contributed by atoms with E-state index in [4.69, 9.17) is 19.6 Å². The van der Waals surface area contributed by atoms with Crippen molar-refractivity contribution in [3.63, 3.8) is 0 Å². The number of rotatable bonds is 5. The Bertz CT molecular complexity index is 1180. The number of imidazole rings is 1. The Morgan fingerprint density at radius 2 is 2.20 bits per heavy atom. The van der Waals surface area contributed by atoms with Crippen molar-refractivity contribution in [2.45, 2.75) is 25.9 Å². The highest BCUT2D eigenvalue weighted by atomic mass is 16.5. The lowest BCUT2D eigenvalue weighted by atomic mass is 10.2. The third-order valence-corrected chi connectivity index (χ3v) is 5.15. The van der Waals surface area contributed by atoms with E-state index in [1.807, 2.05) is 25.1 Å². The third-order valence-electron chi connectivity index (χ3n) is 5.15. The monoisotopic (exact) mass is 408 g/mol. The Morgan fingerprint density at radius 3 is 3.03 bits per heavy atom. The number of furan rings is 1. The van der Waals surface area contributed by atoms with E-state index < -0.39 is 0 Å². The van der Waals surface area contributed by atoms with Crippen LogP contribution < -0.4 is 15.4 Å². The van der Waals surface area contributed by atoms with Gasteiger partial charge in [0.15, 0.2) is 11.4 Å². The van der Waals surface area contributed by atoms with Crippen LogP contribution in [-0.4, -0.2) is 58.0 Å². The molecule has 2 N–H and O–H groups in total. The van der Waals surface area contributed by atoms with Crippen LogP contribution in [0.3, 0.4) is 0 Å². The summed E-state index contributed by atoms with van der Waals surface area (Å²) in [7, 11) is 0. The van der Waals surface area contributed by atoms with Gasteiger partial charge in [-0.25, -0.2) is 14.5 Å². The van der Waals surface area contributed by atoms with Gasteiger partial charge in [-0.1, -0.05) is 0 Å². The predicted octanol–water partition coefficient (Wildman–Crippen LogP) is 2.49. The van der Waals surface area contributed by atoms with Gasteiger partial charge in [0.25, 0.3) is 0 Å². The standard InChI is InChI=1S/C21H24N6O3/c1-13(22)11-29-20-4-3-19-24-10-16(27(19)25-20)18-9-15-17(30-18)5-6-23-21(15)26-7-8-28-12-14(26)2/h3-6,9-10,13-14H,7-8,11-12,22H2,1-2H3/t13-,14-/m1/s1. The maximum absolute atomic E-state index is 6.17. The number of nitrogens with two attached hydrogens (primary N) is 1. The van der Waals surface area contributed by atoms with Crippen molar-refractivity contribution in [1.29, 1.82) is 0 Å². The van der Waals surface area contributed by atoms with Crippen LogP contribution in [0.5, 0.6) is 5.88 Å². The van der Waals surface area contributed by atoms with Crippen LogP contribution in [0.4, 0.5) is 5.82 Å². The maximum atomic E-state index is 6.17. The van der Waals surface area contributed by atoms with E-state index in [9.17, 15) is 0 Å². The second-order valence-electron chi connectivity index (χ2n) is 7.65. The molecule has 0 amide bonds. The molecule has 1 fully saturated rings. The number of hydrogen-bond donors (Lipinski definition) is 1. The van der Waals surface area contributed by atoms with Crippen molar-refractivity contribution >= 4 is 22.4 Å². The maximum Gasteiger partial charge on any atom is 0.231 e. The van der Waals surface area contributed by atoms with Gasteiger partial charge in [-0.3, -0.25) is 0 Å². The van der Waals surface area contributed by atoms with Crippen LogP contribution in [0.15, 0.2) is 41.1 Å². The predicted molar refractivity (Wildman–Crippen MR) is 113 cm³/mol. The molecule has 5 heterocycles. The van der Waals surface area contributed by atoms with Gasteiger partial charge >= 0.3 is 0 Å². The number of nitrogens with zero attached hydrogens (tertiary/aromatic N) is 5. The van der Waals surface area contributed by atoms with E-state index in [1.165, 1.54) is 0 Å². The highest BCUT2D eigenvalue weighted by molar-refractivity contribution is 5.92. The normalized spacial score (nSPS) is 18.2. The molecule has 0 aromatic carbocycles. The van der Waals surface area contributed by atoms with Gasteiger partial charge in [-0.2, -0.15) is 0 Å². The average molecular weight is 408 g/mol. The largest absolute Gasteiger partial charge is 0.475 e. The summed E-state index contributed by atoms with van der Waals surface area (Å²) in [5.74, 6) is 2.06. The summed E-state index contributed by atoms with van der Waals surface area (Å²) in [5.41, 5.74) is 8.00. The molecule has 9 heteroatoms. The van der Waals surface area contributed by atoms with Gasteiger partial charge in [0.2, 0.25) is 5.88 Å². The SMILES string of the molecule is C[C@@H]1COCCN1c1nccc2oc(-c3cnc4ccc(OC[C@@H](C)N)nn34)cc12. The summed E-state index contributed by atoms with van der Waals surface area (Å²) >= 11 is 0. The fourth-order valence-electron chi connectivity index (χ4n) is 3.66. The minimum atomic E-state index is -0.0753. The van der Waals surface area contributed by atoms with Gasteiger partial charge in [0.05, 0.1) is 30.8 Å². The Kier molecular flexibility index (Phi) is 4.76. The molecule has 0 saturated carbocycles. The summed E-state index contributed by atoms with van der Waals surface area (Å²) in [6, 6.07) is 7.69. The van der Waals surface area contributed by atoms with Crippen LogP contribution in [0.25, 0.3) is 28.1 Å². The van der Waals surface area contributed by atoms with Gasteiger partial charge in [0, 0.05) is 24.8 Å². The summed E-state index contributed by atoms with van der Waals surface area (Å²) in [4.78, 5) is 11.3. The highest BCUT2D eigenvalue weighted by Gasteiger charge is 2.24. The molecule has 9 nitrogen and oxygen atoms in total. The molecule has 5 rings (SSSR count). The smallest absolute Gasteiger partial charge is 0.231 e. The van der Waals surface area contributed by atoms with Crippen molar-refractivity contribution in [1.82, 2.24) is 19.6 Å². The van der Waals surface area contributed by atoms with Gasteiger partial charge in [-0.05, 0) is 32.0 Å². The summed E-state index contributed by atoms with van der Waals surface area (Å²) in [6.45, 7) is 6.58. The molecular weight excluding hydrogens is 384 g/mol. The second kappa shape index (κ2) is 7.58. The lowest BCUT2D eigenvalue weighted by molar-refractivity contribution is 0.0987. The van der Waals surface area contributed by atoms with Gasteiger partial charge in [-0.15, -0.1) is 5.10 Å².